The van der Waals surface area contributed by atoms with Crippen LogP contribution in [0.15, 0.2) is 42.5 Å². The van der Waals surface area contributed by atoms with Crippen LogP contribution in [0.4, 0.5) is 10.5 Å². The number of carbonyl (C=O) groups excluding carboxylic acids is 3. The van der Waals surface area contributed by atoms with Crippen LogP contribution in [0.3, 0.4) is 0 Å². The van der Waals surface area contributed by atoms with E-state index in [1.165, 1.54) is 0 Å². The first kappa shape index (κ1) is 30.9. The van der Waals surface area contributed by atoms with E-state index in [1.54, 1.807) is 25.7 Å². The monoisotopic (exact) mass is 523 g/mol. The number of ether oxygens (including phenoxy) is 1. The molecule has 0 aromatic heterocycles. The highest BCUT2D eigenvalue weighted by molar-refractivity contribution is 5.98. The van der Waals surface area contributed by atoms with Gasteiger partial charge in [0.25, 0.3) is 5.91 Å². The topological polar surface area (TPSA) is 87.7 Å². The highest BCUT2D eigenvalue weighted by Crippen LogP contribution is 2.27. The molecular formula is C31H45N3O4. The van der Waals surface area contributed by atoms with Gasteiger partial charge in [0.1, 0.15) is 18.2 Å². The smallest absolute Gasteiger partial charge is 0.408 e. The number of unbranched alkanes of at least 4 members (excludes halogenated alkanes) is 4. The predicted molar refractivity (Wildman–Crippen MR) is 153 cm³/mol. The van der Waals surface area contributed by atoms with Crippen molar-refractivity contribution in [3.8, 4) is 0 Å². The van der Waals surface area contributed by atoms with Crippen LogP contribution in [-0.2, 0) is 14.3 Å². The molecule has 0 saturated carbocycles. The Labute approximate surface area is 228 Å². The summed E-state index contributed by atoms with van der Waals surface area (Å²) in [4.78, 5) is 41.3. The lowest BCUT2D eigenvalue weighted by Gasteiger charge is -2.32. The summed E-state index contributed by atoms with van der Waals surface area (Å²) >= 11 is 0. The minimum absolute atomic E-state index is 0.261. The summed E-state index contributed by atoms with van der Waals surface area (Å²) in [6, 6.07) is 12.6. The zero-order chi connectivity index (χ0) is 28.3. The lowest BCUT2D eigenvalue weighted by molar-refractivity contribution is -0.138. The van der Waals surface area contributed by atoms with E-state index in [0.717, 1.165) is 54.4 Å². The molecule has 2 aromatic carbocycles. The third-order valence-electron chi connectivity index (χ3n) is 6.42. The van der Waals surface area contributed by atoms with E-state index in [2.05, 4.69) is 17.6 Å². The van der Waals surface area contributed by atoms with Crippen LogP contribution in [0.5, 0.6) is 0 Å². The first-order chi connectivity index (χ1) is 17.9. The average molecular weight is 524 g/mol. The molecule has 7 heteroatoms. The summed E-state index contributed by atoms with van der Waals surface area (Å²) in [5.41, 5.74) is 3.84. The standard InChI is InChI=1S/C31H45N3O4/c1-8-9-10-11-14-19-34(27(35)21-32-30(37)38-31(5,6)7)28(25-18-17-22(2)24(4)20-25)29(36)33-26-16-13-12-15-23(26)3/h12-13,15-18,20,28H,8-11,14,19,21H2,1-7H3,(H,32,37)(H,33,36). The fourth-order valence-corrected chi connectivity index (χ4v) is 4.17. The van der Waals surface area contributed by atoms with Crippen molar-refractivity contribution < 1.29 is 19.1 Å². The van der Waals surface area contributed by atoms with Crippen molar-refractivity contribution in [1.29, 1.82) is 0 Å². The molecule has 0 aliphatic heterocycles. The molecule has 1 atom stereocenters. The van der Waals surface area contributed by atoms with Crippen molar-refractivity contribution in [3.63, 3.8) is 0 Å². The highest BCUT2D eigenvalue weighted by atomic mass is 16.6. The summed E-state index contributed by atoms with van der Waals surface area (Å²) in [5.74, 6) is -0.628. The summed E-state index contributed by atoms with van der Waals surface area (Å²) < 4.78 is 5.31. The Balaban J connectivity index is 2.39. The number of aryl methyl sites for hydroxylation is 3. The van der Waals surface area contributed by atoms with Crippen molar-refractivity contribution in [3.05, 3.63) is 64.7 Å². The number of nitrogens with zero attached hydrogens (tertiary/aromatic N) is 1. The first-order valence-corrected chi connectivity index (χ1v) is 13.6. The number of amides is 3. The lowest BCUT2D eigenvalue weighted by Crippen LogP contribution is -2.47. The third kappa shape index (κ3) is 9.84. The van der Waals surface area contributed by atoms with Crippen molar-refractivity contribution in [2.45, 2.75) is 92.2 Å². The van der Waals surface area contributed by atoms with E-state index < -0.39 is 17.7 Å². The van der Waals surface area contributed by atoms with Crippen LogP contribution < -0.4 is 10.6 Å². The second-order valence-corrected chi connectivity index (χ2v) is 10.9. The maximum Gasteiger partial charge on any atom is 0.408 e. The number of benzene rings is 2. The zero-order valence-corrected chi connectivity index (χ0v) is 24.1. The lowest BCUT2D eigenvalue weighted by atomic mass is 9.98. The van der Waals surface area contributed by atoms with Gasteiger partial charge in [-0.3, -0.25) is 9.59 Å². The van der Waals surface area contributed by atoms with Gasteiger partial charge in [0.15, 0.2) is 0 Å². The quantitative estimate of drug-likeness (QED) is 0.306. The molecule has 2 aromatic rings. The molecule has 2 N–H and O–H groups in total. The van der Waals surface area contributed by atoms with Gasteiger partial charge >= 0.3 is 6.09 Å². The number of rotatable bonds is 12. The SMILES string of the molecule is CCCCCCCN(C(=O)CNC(=O)OC(C)(C)C)C(C(=O)Nc1ccccc1C)c1ccc(C)c(C)c1. The normalized spacial score (nSPS) is 12.0. The molecule has 38 heavy (non-hydrogen) atoms. The molecule has 0 spiro atoms. The summed E-state index contributed by atoms with van der Waals surface area (Å²) in [6.07, 6.45) is 4.36. The van der Waals surface area contributed by atoms with Gasteiger partial charge in [-0.25, -0.2) is 4.79 Å². The molecule has 0 heterocycles. The van der Waals surface area contributed by atoms with Gasteiger partial charge in [-0.2, -0.15) is 0 Å². The summed E-state index contributed by atoms with van der Waals surface area (Å²) in [7, 11) is 0. The second kappa shape index (κ2) is 14.6. The fourth-order valence-electron chi connectivity index (χ4n) is 4.17. The Bertz CT molecular complexity index is 1090. The molecule has 0 radical (unpaired) electrons. The number of para-hydroxylation sites is 1. The maximum atomic E-state index is 13.9. The van der Waals surface area contributed by atoms with E-state index in [9.17, 15) is 14.4 Å². The molecule has 0 bridgehead atoms. The molecule has 0 fully saturated rings. The Hall–Kier alpha value is -3.35. The number of hydrogen-bond acceptors (Lipinski definition) is 4. The van der Waals surface area contributed by atoms with E-state index >= 15 is 0 Å². The van der Waals surface area contributed by atoms with Gasteiger partial charge in [0, 0.05) is 12.2 Å². The minimum Gasteiger partial charge on any atom is -0.444 e. The summed E-state index contributed by atoms with van der Waals surface area (Å²) in [5, 5.41) is 5.61. The predicted octanol–water partition coefficient (Wildman–Crippen LogP) is 6.62. The molecule has 1 unspecified atom stereocenters. The third-order valence-corrected chi connectivity index (χ3v) is 6.42. The van der Waals surface area contributed by atoms with E-state index in [1.807, 2.05) is 63.2 Å². The maximum absolute atomic E-state index is 13.9. The number of carbonyl (C=O) groups is 3. The van der Waals surface area contributed by atoms with Gasteiger partial charge < -0.3 is 20.3 Å². The largest absolute Gasteiger partial charge is 0.444 e. The van der Waals surface area contributed by atoms with Crippen LogP contribution in [-0.4, -0.2) is 41.5 Å². The van der Waals surface area contributed by atoms with Crippen molar-refractivity contribution in [2.75, 3.05) is 18.4 Å². The van der Waals surface area contributed by atoms with Gasteiger partial charge in [-0.1, -0.05) is 69.0 Å². The van der Waals surface area contributed by atoms with E-state index in [4.69, 9.17) is 4.74 Å². The van der Waals surface area contributed by atoms with Gasteiger partial charge in [-0.15, -0.1) is 0 Å². The first-order valence-electron chi connectivity index (χ1n) is 13.6. The Morgan fingerprint density at radius 3 is 2.21 bits per heavy atom. The van der Waals surface area contributed by atoms with Crippen molar-refractivity contribution in [2.24, 2.45) is 0 Å². The zero-order valence-electron chi connectivity index (χ0n) is 24.1. The summed E-state index contributed by atoms with van der Waals surface area (Å²) in [6.45, 7) is 13.5. The Morgan fingerprint density at radius 2 is 1.58 bits per heavy atom. The van der Waals surface area contributed by atoms with Gasteiger partial charge in [0.2, 0.25) is 5.91 Å². The number of hydrogen-bond donors (Lipinski definition) is 2. The Morgan fingerprint density at radius 1 is 0.895 bits per heavy atom. The molecule has 0 aliphatic carbocycles. The fraction of sp³-hybridized carbons (Fsp3) is 0.516. The second-order valence-electron chi connectivity index (χ2n) is 10.9. The van der Waals surface area contributed by atoms with Crippen LogP contribution >= 0.6 is 0 Å². The van der Waals surface area contributed by atoms with Crippen LogP contribution in [0, 0.1) is 20.8 Å². The van der Waals surface area contributed by atoms with Crippen molar-refractivity contribution in [1.82, 2.24) is 10.2 Å². The van der Waals surface area contributed by atoms with Crippen LogP contribution in [0.25, 0.3) is 0 Å². The van der Waals surface area contributed by atoms with Crippen molar-refractivity contribution >= 4 is 23.6 Å². The number of anilines is 1. The number of nitrogens with one attached hydrogen (secondary N) is 2. The average Bonchev–Trinajstić information content (AvgIpc) is 2.84. The van der Waals surface area contributed by atoms with Crippen LogP contribution in [0.1, 0.15) is 88.1 Å². The number of alkyl carbamates (subject to hydrolysis) is 1. The minimum atomic E-state index is -0.854. The molecule has 0 saturated heterocycles. The molecular weight excluding hydrogens is 478 g/mol. The molecule has 208 valence electrons. The van der Waals surface area contributed by atoms with E-state index in [-0.39, 0.29) is 18.4 Å². The van der Waals surface area contributed by atoms with Gasteiger partial charge in [0.05, 0.1) is 0 Å². The molecule has 7 nitrogen and oxygen atoms in total. The van der Waals surface area contributed by atoms with E-state index in [0.29, 0.717) is 12.2 Å². The molecule has 2 rings (SSSR count). The van der Waals surface area contributed by atoms with Gasteiger partial charge in [-0.05, 0) is 76.3 Å². The molecule has 0 aliphatic rings. The Kier molecular flexibility index (Phi) is 11.8. The van der Waals surface area contributed by atoms with Crippen LogP contribution in [0.2, 0.25) is 0 Å². The molecule has 3 amide bonds. The highest BCUT2D eigenvalue weighted by Gasteiger charge is 2.32.